The molecule has 0 bridgehead atoms. The summed E-state index contributed by atoms with van der Waals surface area (Å²) in [6, 6.07) is 5.24. The number of para-hydroxylation sites is 1. The summed E-state index contributed by atoms with van der Waals surface area (Å²) < 4.78 is 46.9. The van der Waals surface area contributed by atoms with Crippen molar-refractivity contribution in [3.05, 3.63) is 40.3 Å². The maximum absolute atomic E-state index is 12.3. The third-order valence-electron chi connectivity index (χ3n) is 2.92. The number of alkyl halides is 3. The predicted molar refractivity (Wildman–Crippen MR) is 76.1 cm³/mol. The van der Waals surface area contributed by atoms with E-state index in [0.29, 0.717) is 5.75 Å². The van der Waals surface area contributed by atoms with E-state index < -0.39 is 24.6 Å². The maximum Gasteiger partial charge on any atom is 0.389 e. The molecule has 0 aliphatic carbocycles. The number of halogens is 3. The van der Waals surface area contributed by atoms with Crippen LogP contribution in [0.4, 0.5) is 13.2 Å². The van der Waals surface area contributed by atoms with Gasteiger partial charge in [-0.25, -0.2) is 4.79 Å². The summed E-state index contributed by atoms with van der Waals surface area (Å²) >= 11 is 0. The quantitative estimate of drug-likeness (QED) is 0.234. The largest absolute Gasteiger partial charge is 0.496 e. The fourth-order valence-corrected chi connectivity index (χ4v) is 1.92. The van der Waals surface area contributed by atoms with Crippen LogP contribution < -0.4 is 4.74 Å². The number of rotatable bonds is 8. The lowest BCUT2D eigenvalue weighted by atomic mass is 10.1. The van der Waals surface area contributed by atoms with Gasteiger partial charge >= 0.3 is 12.1 Å². The van der Waals surface area contributed by atoms with Crippen LogP contribution in [0.2, 0.25) is 0 Å². The van der Waals surface area contributed by atoms with Gasteiger partial charge in [0.2, 0.25) is 0 Å². The fraction of sp³-hybridized carbons (Fsp3) is 0.500. The predicted octanol–water partition coefficient (Wildman–Crippen LogP) is 4.26. The summed E-state index contributed by atoms with van der Waals surface area (Å²) in [5, 5.41) is 3.11. The first-order valence-corrected chi connectivity index (χ1v) is 6.78. The minimum Gasteiger partial charge on any atom is -0.496 e. The lowest BCUT2D eigenvalue weighted by molar-refractivity contribution is -0.138. The molecule has 0 saturated heterocycles. The number of nitrogens with zero attached hydrogens (tertiary/aromatic N) is 3. The number of methoxy groups -OCH3 is 1. The van der Waals surface area contributed by atoms with Gasteiger partial charge in [0.1, 0.15) is 11.3 Å². The van der Waals surface area contributed by atoms with Crippen LogP contribution in [0.15, 0.2) is 29.4 Å². The number of azide groups is 1. The molecule has 0 aliphatic rings. The van der Waals surface area contributed by atoms with Gasteiger partial charge in [-0.1, -0.05) is 17.2 Å². The van der Waals surface area contributed by atoms with E-state index in [9.17, 15) is 18.0 Å². The Balaban J connectivity index is 2.46. The number of carbonyl (C=O) groups is 1. The zero-order valence-electron chi connectivity index (χ0n) is 12.4. The maximum atomic E-state index is 12.3. The minimum absolute atomic E-state index is 0.0250. The van der Waals surface area contributed by atoms with Crippen LogP contribution in [-0.4, -0.2) is 31.9 Å². The molecule has 126 valence electrons. The van der Waals surface area contributed by atoms with Gasteiger partial charge in [-0.3, -0.25) is 0 Å². The lowest BCUT2D eigenvalue weighted by Gasteiger charge is -2.13. The van der Waals surface area contributed by atoms with E-state index in [0.717, 1.165) is 0 Å². The third kappa shape index (κ3) is 6.92. The highest BCUT2D eigenvalue weighted by molar-refractivity contribution is 5.92. The summed E-state index contributed by atoms with van der Waals surface area (Å²) in [4.78, 5) is 14.3. The van der Waals surface area contributed by atoms with Crippen molar-refractivity contribution < 1.29 is 27.4 Å². The minimum atomic E-state index is -4.41. The first-order chi connectivity index (χ1) is 10.9. The van der Waals surface area contributed by atoms with Gasteiger partial charge in [0.05, 0.1) is 20.1 Å². The molecule has 1 aromatic carbocycles. The van der Waals surface area contributed by atoms with Crippen molar-refractivity contribution in [3.8, 4) is 5.75 Å². The zero-order chi connectivity index (χ0) is 17.3. The normalized spacial score (nSPS) is 12.2. The Morgan fingerprint density at radius 3 is 2.70 bits per heavy atom. The van der Waals surface area contributed by atoms with Gasteiger partial charge in [-0.2, -0.15) is 13.2 Å². The highest BCUT2D eigenvalue weighted by Crippen LogP contribution is 2.25. The Morgan fingerprint density at radius 2 is 2.09 bits per heavy atom. The van der Waals surface area contributed by atoms with Gasteiger partial charge in [0.25, 0.3) is 0 Å². The molecule has 0 fully saturated rings. The Morgan fingerprint density at radius 1 is 1.39 bits per heavy atom. The Kier molecular flexibility index (Phi) is 7.21. The van der Waals surface area contributed by atoms with Crippen molar-refractivity contribution in [1.29, 1.82) is 0 Å². The molecule has 0 amide bonds. The molecule has 1 unspecified atom stereocenters. The molecule has 23 heavy (non-hydrogen) atoms. The van der Waals surface area contributed by atoms with E-state index in [1.165, 1.54) is 13.2 Å². The number of carbonyl (C=O) groups excluding carboxylic acids is 1. The van der Waals surface area contributed by atoms with E-state index in [1.807, 2.05) is 0 Å². The molecule has 0 radical (unpaired) electrons. The number of benzene rings is 1. The monoisotopic (exact) mass is 331 g/mol. The molecule has 1 atom stereocenters. The van der Waals surface area contributed by atoms with Crippen LogP contribution in [0, 0.1) is 0 Å². The van der Waals surface area contributed by atoms with Crippen molar-refractivity contribution in [2.24, 2.45) is 5.11 Å². The Bertz CT molecular complexity index is 572. The summed E-state index contributed by atoms with van der Waals surface area (Å²) in [5.74, 6) is -0.278. The first kappa shape index (κ1) is 18.6. The number of ether oxygens (including phenoxy) is 2. The molecule has 1 rings (SSSR count). The molecule has 0 N–H and O–H groups in total. The van der Waals surface area contributed by atoms with E-state index in [-0.39, 0.29) is 25.0 Å². The van der Waals surface area contributed by atoms with Gasteiger partial charge < -0.3 is 9.47 Å². The zero-order valence-corrected chi connectivity index (χ0v) is 12.4. The van der Waals surface area contributed by atoms with E-state index in [4.69, 9.17) is 15.0 Å². The van der Waals surface area contributed by atoms with Crippen LogP contribution in [0.25, 0.3) is 10.4 Å². The van der Waals surface area contributed by atoms with Crippen molar-refractivity contribution in [1.82, 2.24) is 0 Å². The smallest absolute Gasteiger partial charge is 0.389 e. The van der Waals surface area contributed by atoms with E-state index >= 15 is 0 Å². The molecule has 0 spiro atoms. The lowest BCUT2D eigenvalue weighted by Crippen LogP contribution is -2.18. The fourth-order valence-electron chi connectivity index (χ4n) is 1.92. The number of hydrogen-bond acceptors (Lipinski definition) is 4. The summed E-state index contributed by atoms with van der Waals surface area (Å²) in [5.41, 5.74) is 8.51. The van der Waals surface area contributed by atoms with Crippen molar-refractivity contribution in [2.75, 3.05) is 13.7 Å². The van der Waals surface area contributed by atoms with Crippen LogP contribution >= 0.6 is 0 Å². The van der Waals surface area contributed by atoms with Crippen molar-refractivity contribution >= 4 is 5.97 Å². The van der Waals surface area contributed by atoms with Gasteiger partial charge in [-0.15, -0.1) is 0 Å². The Hall–Kier alpha value is -2.41. The molecular formula is C14H16F3N3O3. The van der Waals surface area contributed by atoms with Gasteiger partial charge in [-0.05, 0) is 30.5 Å². The second-order valence-electron chi connectivity index (χ2n) is 4.66. The standard InChI is InChI=1S/C14H16F3N3O3/c1-22-12-7-3-2-6-11(12)13(21)23-8-4-5-10(19-20-18)9-14(15,16)17/h2-3,6-7,10H,4-5,8-9H2,1H3. The molecule has 0 aromatic heterocycles. The number of esters is 1. The molecule has 0 aliphatic heterocycles. The van der Waals surface area contributed by atoms with E-state index in [1.54, 1.807) is 18.2 Å². The molecule has 1 aromatic rings. The van der Waals surface area contributed by atoms with Gasteiger partial charge in [0, 0.05) is 11.0 Å². The van der Waals surface area contributed by atoms with Crippen LogP contribution in [0.3, 0.4) is 0 Å². The van der Waals surface area contributed by atoms with Crippen LogP contribution in [0.1, 0.15) is 29.6 Å². The van der Waals surface area contributed by atoms with E-state index in [2.05, 4.69) is 10.0 Å². The molecular weight excluding hydrogens is 315 g/mol. The highest BCUT2D eigenvalue weighted by atomic mass is 19.4. The van der Waals surface area contributed by atoms with Crippen LogP contribution in [-0.2, 0) is 4.74 Å². The average Bonchev–Trinajstić information content (AvgIpc) is 2.50. The molecule has 0 heterocycles. The first-order valence-electron chi connectivity index (χ1n) is 6.78. The Labute approximate surface area is 130 Å². The second kappa shape index (κ2) is 8.89. The van der Waals surface area contributed by atoms with Gasteiger partial charge in [0.15, 0.2) is 0 Å². The molecule has 9 heteroatoms. The van der Waals surface area contributed by atoms with Crippen LogP contribution in [0.5, 0.6) is 5.75 Å². The number of hydrogen-bond donors (Lipinski definition) is 0. The summed E-state index contributed by atoms with van der Waals surface area (Å²) in [6.07, 6.45) is -5.48. The van der Waals surface area contributed by atoms with Crippen molar-refractivity contribution in [3.63, 3.8) is 0 Å². The highest BCUT2D eigenvalue weighted by Gasteiger charge is 2.31. The summed E-state index contributed by atoms with van der Waals surface area (Å²) in [7, 11) is 1.41. The summed E-state index contributed by atoms with van der Waals surface area (Å²) in [6.45, 7) is -0.0772. The van der Waals surface area contributed by atoms with Crippen molar-refractivity contribution in [2.45, 2.75) is 31.5 Å². The second-order valence-corrected chi connectivity index (χ2v) is 4.66. The topological polar surface area (TPSA) is 84.3 Å². The molecule has 6 nitrogen and oxygen atoms in total. The molecule has 0 saturated carbocycles. The SMILES string of the molecule is COc1ccccc1C(=O)OCCCC(CC(F)(F)F)N=[N+]=[N-]. The average molecular weight is 331 g/mol. The third-order valence-corrected chi connectivity index (χ3v) is 2.92.